The summed E-state index contributed by atoms with van der Waals surface area (Å²) in [6.45, 7) is -9.29. The van der Waals surface area contributed by atoms with Gasteiger partial charge in [-0.05, 0) is 48.5 Å². The van der Waals surface area contributed by atoms with Gasteiger partial charge < -0.3 is 97.7 Å². The zero-order valence-corrected chi connectivity index (χ0v) is 59.3. The van der Waals surface area contributed by atoms with E-state index in [0.29, 0.717) is 0 Å². The van der Waals surface area contributed by atoms with Crippen LogP contribution >= 0.6 is 0 Å². The van der Waals surface area contributed by atoms with Crippen molar-refractivity contribution in [2.24, 2.45) is 0 Å². The molecule has 0 amide bonds. The molecule has 8 N–H and O–H groups in total. The number of aliphatic hydroxyl groups excluding tert-OH is 8. The third-order valence-electron chi connectivity index (χ3n) is 15.9. The van der Waals surface area contributed by atoms with Crippen LogP contribution in [0.1, 0.15) is 44.5 Å². The minimum Gasteiger partial charge on any atom is -0.491 e. The van der Waals surface area contributed by atoms with Gasteiger partial charge in [-0.3, -0.25) is 0 Å². The van der Waals surface area contributed by atoms with E-state index in [2.05, 4.69) is 0 Å². The zero-order valence-electron chi connectivity index (χ0n) is 56.1. The molecule has 0 atom stereocenters. The standard InChI is InChI=1S/C64H96N4O28S4/c69-9-1-65(2-10-70)97(77,78)57-41-49-37-51-43-58(98(79,80)66(3-11-71)4-12-72)45-53-39-55-47-60(100(83,84)68(7-15-75)8-16-76)48-56-40-54-46-59(99(81,82)67(5-13-73)6-14-74)44-52(63(54)95-35-31-91-27-23-87-20-19-86-22-26-90-30-34-94-62(51)53)38-50(42-57)61(49)93-33-29-89-25-21-85-17-18-88-24-28-92-32-36-96-64(55)56/h41-48,69-76H,1-40H2. The minimum atomic E-state index is -4.79. The van der Waals surface area contributed by atoms with E-state index in [0.717, 1.165) is 17.2 Å². The molecule has 4 aromatic rings. The van der Waals surface area contributed by atoms with Gasteiger partial charge in [-0.15, -0.1) is 0 Å². The van der Waals surface area contributed by atoms with Crippen molar-refractivity contribution >= 4 is 40.1 Å². The van der Waals surface area contributed by atoms with Crippen molar-refractivity contribution in [2.75, 3.05) is 237 Å². The second kappa shape index (κ2) is 42.1. The number of hydrogen-bond acceptors (Lipinski definition) is 28. The van der Waals surface area contributed by atoms with Gasteiger partial charge in [-0.2, -0.15) is 17.2 Å². The maximum atomic E-state index is 15.3. The summed E-state index contributed by atoms with van der Waals surface area (Å²) >= 11 is 0. The van der Waals surface area contributed by atoms with E-state index in [1.807, 2.05) is 0 Å². The minimum absolute atomic E-state index is 0.0169. The first kappa shape index (κ1) is 82.4. The van der Waals surface area contributed by atoms with Crippen LogP contribution in [0.15, 0.2) is 68.1 Å². The van der Waals surface area contributed by atoms with Gasteiger partial charge in [0.25, 0.3) is 0 Å². The normalized spacial score (nSPS) is 17.2. The molecule has 0 fully saturated rings. The summed E-state index contributed by atoms with van der Waals surface area (Å²) in [5.74, 6) is -0.164. The highest BCUT2D eigenvalue weighted by molar-refractivity contribution is 7.90. The lowest BCUT2D eigenvalue weighted by molar-refractivity contribution is -0.00706. The molecule has 0 saturated heterocycles. The Balaban J connectivity index is 1.74. The number of sulfonamides is 4. The van der Waals surface area contributed by atoms with Crippen LogP contribution in [0.3, 0.4) is 0 Å². The molecule has 2 heterocycles. The second-order valence-electron chi connectivity index (χ2n) is 22.7. The summed E-state index contributed by atoms with van der Waals surface area (Å²) in [6.07, 6.45) is -2.00. The van der Waals surface area contributed by atoms with Crippen LogP contribution in [0.25, 0.3) is 0 Å². The van der Waals surface area contributed by atoms with E-state index in [-0.39, 0.29) is 200 Å². The van der Waals surface area contributed by atoms with Gasteiger partial charge in [0.05, 0.1) is 178 Å². The van der Waals surface area contributed by atoms with E-state index >= 15 is 33.7 Å². The maximum absolute atomic E-state index is 15.3. The van der Waals surface area contributed by atoms with E-state index in [1.54, 1.807) is 0 Å². The number of ether oxygens (including phenoxy) is 12. The Hall–Kier alpha value is -4.92. The average Bonchev–Trinajstić information content (AvgIpc) is 0.760. The molecule has 4 aromatic carbocycles. The highest BCUT2D eigenvalue weighted by atomic mass is 32.2. The monoisotopic (exact) mass is 1500 g/mol. The van der Waals surface area contributed by atoms with Crippen LogP contribution in [0.2, 0.25) is 0 Å². The first-order chi connectivity index (χ1) is 48.3. The van der Waals surface area contributed by atoms with Crippen molar-refractivity contribution in [3.05, 3.63) is 93.0 Å². The quantitative estimate of drug-likeness (QED) is 0.0329. The fourth-order valence-electron chi connectivity index (χ4n) is 11.3. The summed E-state index contributed by atoms with van der Waals surface area (Å²) in [5, 5.41) is 82.4. The molecular weight excluding hydrogens is 1400 g/mol. The largest absolute Gasteiger partial charge is 0.491 e. The highest BCUT2D eigenvalue weighted by Crippen LogP contribution is 2.43. The molecule has 1 aliphatic carbocycles. The van der Waals surface area contributed by atoms with Crippen molar-refractivity contribution in [1.29, 1.82) is 0 Å². The third-order valence-corrected chi connectivity index (χ3v) is 23.4. The Morgan fingerprint density at radius 1 is 0.230 bits per heavy atom. The summed E-state index contributed by atoms with van der Waals surface area (Å²) in [4.78, 5) is -1.79. The molecule has 3 aliphatic rings. The van der Waals surface area contributed by atoms with Gasteiger partial charge in [-0.1, -0.05) is 0 Å². The molecule has 32 nitrogen and oxygen atoms in total. The van der Waals surface area contributed by atoms with Crippen LogP contribution in [-0.2, 0) is 104 Å². The number of hydrogen-bond donors (Lipinski definition) is 8. The summed E-state index contributed by atoms with van der Waals surface area (Å²) in [6, 6.07) is 10.1. The molecule has 100 heavy (non-hydrogen) atoms. The Labute approximate surface area is 584 Å². The predicted molar refractivity (Wildman–Crippen MR) is 357 cm³/mol. The smallest absolute Gasteiger partial charge is 0.243 e. The van der Waals surface area contributed by atoms with Crippen molar-refractivity contribution in [2.45, 2.75) is 45.3 Å². The van der Waals surface area contributed by atoms with Gasteiger partial charge in [0.2, 0.25) is 40.1 Å². The zero-order chi connectivity index (χ0) is 72.0. The van der Waals surface area contributed by atoms with E-state index in [1.165, 1.54) is 48.5 Å². The molecule has 7 rings (SSSR count). The van der Waals surface area contributed by atoms with Gasteiger partial charge >= 0.3 is 0 Å². The Morgan fingerprint density at radius 2 is 0.360 bits per heavy atom. The molecule has 36 heteroatoms. The molecular formula is C64H96N4O28S4. The lowest BCUT2D eigenvalue weighted by Gasteiger charge is -2.27. The summed E-state index contributed by atoms with van der Waals surface area (Å²) in [5.41, 5.74) is 0.135. The van der Waals surface area contributed by atoms with Crippen molar-refractivity contribution in [3.63, 3.8) is 0 Å². The predicted octanol–water partition coefficient (Wildman–Crippen LogP) is -2.06. The molecule has 0 spiro atoms. The van der Waals surface area contributed by atoms with Crippen molar-refractivity contribution in [3.8, 4) is 23.0 Å². The van der Waals surface area contributed by atoms with Crippen molar-refractivity contribution < 1.29 is 131 Å². The topological polar surface area (TPSA) is 422 Å². The summed E-state index contributed by atoms with van der Waals surface area (Å²) in [7, 11) is -19.2. The highest BCUT2D eigenvalue weighted by Gasteiger charge is 2.35. The van der Waals surface area contributed by atoms with Gasteiger partial charge in [-0.25, -0.2) is 33.7 Å². The average molecular weight is 1500 g/mol. The number of rotatable bonds is 24. The first-order valence-electron chi connectivity index (χ1n) is 33.0. The van der Waals surface area contributed by atoms with Crippen LogP contribution in [0.4, 0.5) is 0 Å². The molecule has 0 unspecified atom stereocenters. The van der Waals surface area contributed by atoms with Crippen molar-refractivity contribution in [1.82, 2.24) is 17.2 Å². The fourth-order valence-corrected chi connectivity index (χ4v) is 17.4. The maximum Gasteiger partial charge on any atom is 0.243 e. The Kier molecular flexibility index (Phi) is 34.7. The fraction of sp³-hybridized carbons (Fsp3) is 0.625. The van der Waals surface area contributed by atoms with E-state index in [4.69, 9.17) is 56.8 Å². The molecule has 2 aliphatic heterocycles. The molecule has 0 aromatic heterocycles. The first-order valence-corrected chi connectivity index (χ1v) is 38.7. The van der Waals surface area contributed by atoms with Crippen LogP contribution in [0.5, 0.6) is 23.0 Å². The molecule has 0 radical (unpaired) electrons. The third kappa shape index (κ3) is 23.0. The Bertz CT molecular complexity index is 3060. The van der Waals surface area contributed by atoms with E-state index in [9.17, 15) is 40.9 Å². The van der Waals surface area contributed by atoms with Crippen LogP contribution in [0, 0.1) is 0 Å². The molecule has 0 saturated carbocycles. The van der Waals surface area contributed by atoms with E-state index < -0.39 is 191 Å². The van der Waals surface area contributed by atoms with Crippen LogP contribution in [-0.4, -0.2) is 329 Å². The number of benzene rings is 4. The van der Waals surface area contributed by atoms with Gasteiger partial charge in [0.1, 0.15) is 49.4 Å². The molecule has 12 bridgehead atoms. The number of aliphatic hydroxyl groups is 8. The lowest BCUT2D eigenvalue weighted by Crippen LogP contribution is -2.36. The summed E-state index contributed by atoms with van der Waals surface area (Å²) < 4.78 is 200. The second-order valence-corrected chi connectivity index (χ2v) is 30.4. The SMILES string of the molecule is O=S(=O)(c1cc2c3c(c1)Cc1cc(S(=O)(=O)N(CCO)CCO)cc4c1OCCOCCOCCOCCOCCOc1c(cc(S(=O)(=O)N(CCO)CCO)cc1Cc1cc(S(=O)(=O)N(CCO)CCO)cc(c1OCCOCCOCCOCCOCCO3)C4)C2)N(CCO)CCO. The molecule has 564 valence electrons. The Morgan fingerprint density at radius 3 is 0.490 bits per heavy atom. The van der Waals surface area contributed by atoms with Gasteiger partial charge in [0, 0.05) is 123 Å². The lowest BCUT2D eigenvalue weighted by atomic mass is 9.91. The van der Waals surface area contributed by atoms with Gasteiger partial charge in [0.15, 0.2) is 0 Å². The van der Waals surface area contributed by atoms with Crippen LogP contribution < -0.4 is 18.9 Å². The number of nitrogens with zero attached hydrogens (tertiary/aromatic N) is 4.